The second-order valence-corrected chi connectivity index (χ2v) is 7.03. The molecule has 0 aromatic carbocycles. The zero-order valence-electron chi connectivity index (χ0n) is 12.4. The van der Waals surface area contributed by atoms with Crippen LogP contribution in [0.3, 0.4) is 0 Å². The molecule has 0 spiro atoms. The number of piperidine rings is 1. The lowest BCUT2D eigenvalue weighted by atomic mass is 10.1. The van der Waals surface area contributed by atoms with Gasteiger partial charge in [-0.2, -0.15) is 9.29 Å². The van der Waals surface area contributed by atoms with Crippen molar-refractivity contribution in [3.63, 3.8) is 0 Å². The zero-order chi connectivity index (χ0) is 15.3. The van der Waals surface area contributed by atoms with E-state index in [1.54, 1.807) is 12.3 Å². The molecule has 1 aromatic rings. The highest BCUT2D eigenvalue weighted by atomic mass is 32.2. The first-order valence-electron chi connectivity index (χ1n) is 7.06. The van der Waals surface area contributed by atoms with E-state index in [4.69, 9.17) is 9.47 Å². The van der Waals surface area contributed by atoms with Crippen LogP contribution in [0.15, 0.2) is 12.3 Å². The summed E-state index contributed by atoms with van der Waals surface area (Å²) < 4.78 is 36.4. The van der Waals surface area contributed by atoms with E-state index in [0.29, 0.717) is 25.4 Å². The van der Waals surface area contributed by atoms with E-state index < -0.39 is 10.0 Å². The molecule has 21 heavy (non-hydrogen) atoms. The predicted octanol–water partition coefficient (Wildman–Crippen LogP) is 1.07. The SMILES string of the molecule is CCCS(=O)(=O)N1CCCC(Oc2ccnc(OC)n2)C1. The molecule has 8 heteroatoms. The summed E-state index contributed by atoms with van der Waals surface area (Å²) >= 11 is 0. The minimum Gasteiger partial charge on any atom is -0.473 e. The number of nitrogens with zero attached hydrogens (tertiary/aromatic N) is 3. The predicted molar refractivity (Wildman–Crippen MR) is 77.9 cm³/mol. The van der Waals surface area contributed by atoms with Gasteiger partial charge in [-0.25, -0.2) is 13.4 Å². The average molecular weight is 315 g/mol. The highest BCUT2D eigenvalue weighted by Gasteiger charge is 2.29. The van der Waals surface area contributed by atoms with Gasteiger partial charge in [0.05, 0.1) is 19.4 Å². The van der Waals surface area contributed by atoms with Crippen LogP contribution < -0.4 is 9.47 Å². The van der Waals surface area contributed by atoms with Crippen molar-refractivity contribution >= 4 is 10.0 Å². The summed E-state index contributed by atoms with van der Waals surface area (Å²) in [7, 11) is -1.69. The Hall–Kier alpha value is -1.41. The number of rotatable bonds is 6. The maximum atomic E-state index is 12.1. The Balaban J connectivity index is 2.01. The van der Waals surface area contributed by atoms with Crippen LogP contribution in [0.4, 0.5) is 0 Å². The van der Waals surface area contributed by atoms with Gasteiger partial charge in [0.2, 0.25) is 15.9 Å². The number of hydrogen-bond donors (Lipinski definition) is 0. The van der Waals surface area contributed by atoms with Gasteiger partial charge < -0.3 is 9.47 Å². The Labute approximate surface area is 125 Å². The van der Waals surface area contributed by atoms with Gasteiger partial charge in [0, 0.05) is 18.8 Å². The third kappa shape index (κ3) is 4.28. The fourth-order valence-corrected chi connectivity index (χ4v) is 3.88. The summed E-state index contributed by atoms with van der Waals surface area (Å²) in [6, 6.07) is 1.88. The molecule has 0 N–H and O–H groups in total. The minimum absolute atomic E-state index is 0.182. The molecule has 0 radical (unpaired) electrons. The number of hydrogen-bond acceptors (Lipinski definition) is 6. The van der Waals surface area contributed by atoms with E-state index in [1.807, 2.05) is 6.92 Å². The van der Waals surface area contributed by atoms with Gasteiger partial charge in [0.25, 0.3) is 0 Å². The van der Waals surface area contributed by atoms with E-state index in [2.05, 4.69) is 9.97 Å². The van der Waals surface area contributed by atoms with Gasteiger partial charge in [-0.1, -0.05) is 6.92 Å². The second-order valence-electron chi connectivity index (χ2n) is 4.94. The van der Waals surface area contributed by atoms with Crippen molar-refractivity contribution in [2.45, 2.75) is 32.3 Å². The molecule has 1 aromatic heterocycles. The highest BCUT2D eigenvalue weighted by Crippen LogP contribution is 2.20. The molecule has 1 atom stereocenters. The molecule has 0 bridgehead atoms. The van der Waals surface area contributed by atoms with Crippen molar-refractivity contribution in [3.05, 3.63) is 12.3 Å². The van der Waals surface area contributed by atoms with Crippen LogP contribution in [0, 0.1) is 0 Å². The van der Waals surface area contributed by atoms with Crippen LogP contribution in [0.25, 0.3) is 0 Å². The molecule has 1 unspecified atom stereocenters. The summed E-state index contributed by atoms with van der Waals surface area (Å²) in [6.45, 7) is 2.80. The third-order valence-corrected chi connectivity index (χ3v) is 5.32. The second kappa shape index (κ2) is 7.04. The summed E-state index contributed by atoms with van der Waals surface area (Å²) in [6.07, 6.45) is 3.58. The van der Waals surface area contributed by atoms with E-state index in [-0.39, 0.29) is 17.9 Å². The van der Waals surface area contributed by atoms with Gasteiger partial charge in [-0.15, -0.1) is 0 Å². The Morgan fingerprint density at radius 1 is 1.48 bits per heavy atom. The van der Waals surface area contributed by atoms with Gasteiger partial charge in [0.15, 0.2) is 0 Å². The van der Waals surface area contributed by atoms with Crippen molar-refractivity contribution in [2.75, 3.05) is 26.0 Å². The van der Waals surface area contributed by atoms with Crippen LogP contribution in [0.1, 0.15) is 26.2 Å². The monoisotopic (exact) mass is 315 g/mol. The van der Waals surface area contributed by atoms with Gasteiger partial charge in [0.1, 0.15) is 6.10 Å². The standard InChI is InChI=1S/C13H21N3O4S/c1-3-9-21(17,18)16-8-4-5-11(10-16)20-12-6-7-14-13(15-12)19-2/h6-7,11H,3-5,8-10H2,1-2H3. The maximum Gasteiger partial charge on any atom is 0.319 e. The average Bonchev–Trinajstić information content (AvgIpc) is 2.48. The Bertz CT molecular complexity index is 564. The van der Waals surface area contributed by atoms with Gasteiger partial charge in [-0.05, 0) is 19.3 Å². The summed E-state index contributed by atoms with van der Waals surface area (Å²) in [5.74, 6) is 0.586. The van der Waals surface area contributed by atoms with Crippen LogP contribution >= 0.6 is 0 Å². The molecule has 1 aliphatic rings. The normalized spacial score (nSPS) is 20.2. The fraction of sp³-hybridized carbons (Fsp3) is 0.692. The van der Waals surface area contributed by atoms with E-state index in [9.17, 15) is 8.42 Å². The summed E-state index contributed by atoms with van der Waals surface area (Å²) in [5, 5.41) is 0. The molecule has 1 saturated heterocycles. The quantitative estimate of drug-likeness (QED) is 0.781. The lowest BCUT2D eigenvalue weighted by Gasteiger charge is -2.31. The zero-order valence-corrected chi connectivity index (χ0v) is 13.2. The smallest absolute Gasteiger partial charge is 0.319 e. The van der Waals surface area contributed by atoms with Crippen LogP contribution in [0.5, 0.6) is 11.9 Å². The Kier molecular flexibility index (Phi) is 5.35. The molecular formula is C13H21N3O4S. The molecule has 2 rings (SSSR count). The lowest BCUT2D eigenvalue weighted by molar-refractivity contribution is 0.123. The van der Waals surface area contributed by atoms with Gasteiger partial charge >= 0.3 is 6.01 Å². The molecule has 1 aliphatic heterocycles. The molecule has 7 nitrogen and oxygen atoms in total. The minimum atomic E-state index is -3.18. The van der Waals surface area contributed by atoms with E-state index in [1.165, 1.54) is 11.4 Å². The number of sulfonamides is 1. The summed E-state index contributed by atoms with van der Waals surface area (Å²) in [4.78, 5) is 8.00. The van der Waals surface area contributed by atoms with Gasteiger partial charge in [-0.3, -0.25) is 0 Å². The van der Waals surface area contributed by atoms with Crippen LogP contribution in [0.2, 0.25) is 0 Å². The summed E-state index contributed by atoms with van der Waals surface area (Å²) in [5.41, 5.74) is 0. The first-order chi connectivity index (χ1) is 10.0. The molecular weight excluding hydrogens is 294 g/mol. The Morgan fingerprint density at radius 3 is 3.00 bits per heavy atom. The number of methoxy groups -OCH3 is 1. The van der Waals surface area contributed by atoms with Crippen molar-refractivity contribution < 1.29 is 17.9 Å². The molecule has 118 valence electrons. The molecule has 1 fully saturated rings. The van der Waals surface area contributed by atoms with Crippen LogP contribution in [-0.4, -0.2) is 54.7 Å². The van der Waals surface area contributed by atoms with Crippen molar-refractivity contribution in [1.82, 2.24) is 14.3 Å². The van der Waals surface area contributed by atoms with E-state index >= 15 is 0 Å². The highest BCUT2D eigenvalue weighted by molar-refractivity contribution is 7.89. The van der Waals surface area contributed by atoms with Crippen LogP contribution in [-0.2, 0) is 10.0 Å². The maximum absolute atomic E-state index is 12.1. The van der Waals surface area contributed by atoms with E-state index in [0.717, 1.165) is 12.8 Å². The first kappa shape index (κ1) is 16.0. The molecule has 2 heterocycles. The molecule has 0 amide bonds. The van der Waals surface area contributed by atoms with Crippen molar-refractivity contribution in [2.24, 2.45) is 0 Å². The largest absolute Gasteiger partial charge is 0.473 e. The van der Waals surface area contributed by atoms with Crippen molar-refractivity contribution in [1.29, 1.82) is 0 Å². The first-order valence-corrected chi connectivity index (χ1v) is 8.67. The molecule has 0 aliphatic carbocycles. The fourth-order valence-electron chi connectivity index (χ4n) is 2.30. The Morgan fingerprint density at radius 2 is 2.29 bits per heavy atom. The van der Waals surface area contributed by atoms with Crippen molar-refractivity contribution in [3.8, 4) is 11.9 Å². The topological polar surface area (TPSA) is 81.6 Å². The lowest BCUT2D eigenvalue weighted by Crippen LogP contribution is -2.45. The molecule has 0 saturated carbocycles. The third-order valence-electron chi connectivity index (χ3n) is 3.27. The number of aromatic nitrogens is 2. The number of ether oxygens (including phenoxy) is 2.